The number of amides is 1. The largest absolute Gasteiger partial charge is 0.381 e. The molecule has 0 N–H and O–H groups in total. The van der Waals surface area contributed by atoms with E-state index in [2.05, 4.69) is 21.4 Å². The van der Waals surface area contributed by atoms with Gasteiger partial charge in [0.25, 0.3) is 0 Å². The number of carbonyl (C=O) groups is 1. The molecular formula is C15H24N4O2. The molecule has 116 valence electrons. The van der Waals surface area contributed by atoms with Crippen molar-refractivity contribution in [2.45, 2.75) is 19.4 Å². The maximum absolute atomic E-state index is 12.6. The predicted octanol–water partition coefficient (Wildman–Crippen LogP) is 0.662. The minimum atomic E-state index is 0.0557. The van der Waals surface area contributed by atoms with Crippen LogP contribution in [0.15, 0.2) is 12.4 Å². The zero-order valence-electron chi connectivity index (χ0n) is 12.9. The summed E-state index contributed by atoms with van der Waals surface area (Å²) in [5.41, 5.74) is 0. The molecular weight excluding hydrogens is 268 g/mol. The molecule has 2 aliphatic rings. The van der Waals surface area contributed by atoms with Crippen LogP contribution < -0.4 is 0 Å². The summed E-state index contributed by atoms with van der Waals surface area (Å²) in [5.74, 6) is 1.35. The number of ether oxygens (including phenoxy) is 1. The number of aromatic nitrogens is 2. The van der Waals surface area contributed by atoms with Crippen LogP contribution in [0.25, 0.3) is 0 Å². The van der Waals surface area contributed by atoms with Gasteiger partial charge < -0.3 is 14.2 Å². The van der Waals surface area contributed by atoms with Gasteiger partial charge in [-0.1, -0.05) is 6.92 Å². The predicted molar refractivity (Wildman–Crippen MR) is 78.7 cm³/mol. The molecule has 3 heterocycles. The van der Waals surface area contributed by atoms with Gasteiger partial charge in [0.05, 0.1) is 18.6 Å². The zero-order chi connectivity index (χ0) is 14.8. The number of carbonyl (C=O) groups excluding carboxylic acids is 1. The summed E-state index contributed by atoms with van der Waals surface area (Å²) in [6.45, 7) is 6.89. The third-order valence-electron chi connectivity index (χ3n) is 4.64. The van der Waals surface area contributed by atoms with E-state index >= 15 is 0 Å². The summed E-state index contributed by atoms with van der Waals surface area (Å²) in [7, 11) is 2.02. The van der Waals surface area contributed by atoms with E-state index in [1.807, 2.05) is 24.3 Å². The quantitative estimate of drug-likeness (QED) is 0.821. The summed E-state index contributed by atoms with van der Waals surface area (Å²) >= 11 is 0. The maximum Gasteiger partial charge on any atom is 0.228 e. The molecule has 2 saturated heterocycles. The van der Waals surface area contributed by atoms with Crippen LogP contribution in [0.2, 0.25) is 0 Å². The molecule has 0 unspecified atom stereocenters. The van der Waals surface area contributed by atoms with Crippen molar-refractivity contribution in [2.24, 2.45) is 13.0 Å². The number of hydrogen-bond donors (Lipinski definition) is 0. The number of piperazine rings is 1. The summed E-state index contributed by atoms with van der Waals surface area (Å²) in [6.07, 6.45) is 4.66. The number of likely N-dealkylation sites (N-methyl/N-ethyl adjacent to an activating group) is 1. The van der Waals surface area contributed by atoms with Gasteiger partial charge in [-0.05, 0) is 13.0 Å². The first-order valence-corrected chi connectivity index (χ1v) is 7.78. The lowest BCUT2D eigenvalue weighted by Gasteiger charge is -2.41. The molecule has 3 rings (SSSR count). The Balaban J connectivity index is 1.75. The first-order chi connectivity index (χ1) is 10.2. The molecule has 0 aliphatic carbocycles. The van der Waals surface area contributed by atoms with E-state index in [9.17, 15) is 4.79 Å². The van der Waals surface area contributed by atoms with Crippen molar-refractivity contribution in [3.05, 3.63) is 18.2 Å². The van der Waals surface area contributed by atoms with Crippen LogP contribution in [0.3, 0.4) is 0 Å². The lowest BCUT2D eigenvalue weighted by atomic mass is 10.0. The van der Waals surface area contributed by atoms with E-state index in [4.69, 9.17) is 4.74 Å². The van der Waals surface area contributed by atoms with Crippen LogP contribution >= 0.6 is 0 Å². The highest BCUT2D eigenvalue weighted by molar-refractivity contribution is 5.79. The minimum absolute atomic E-state index is 0.0557. The Morgan fingerprint density at radius 1 is 1.48 bits per heavy atom. The molecule has 0 bridgehead atoms. The molecule has 2 aliphatic heterocycles. The van der Waals surface area contributed by atoms with Gasteiger partial charge in [-0.15, -0.1) is 0 Å². The smallest absolute Gasteiger partial charge is 0.228 e. The number of aryl methyl sites for hydroxylation is 1. The Morgan fingerprint density at radius 3 is 2.95 bits per heavy atom. The Morgan fingerprint density at radius 2 is 2.33 bits per heavy atom. The highest BCUT2D eigenvalue weighted by Gasteiger charge is 2.35. The van der Waals surface area contributed by atoms with Crippen LogP contribution in [0.4, 0.5) is 0 Å². The van der Waals surface area contributed by atoms with Gasteiger partial charge in [0, 0.05) is 45.7 Å². The second-order valence-electron chi connectivity index (χ2n) is 5.89. The van der Waals surface area contributed by atoms with Crippen LogP contribution in [-0.2, 0) is 16.6 Å². The molecule has 0 aromatic carbocycles. The van der Waals surface area contributed by atoms with Gasteiger partial charge >= 0.3 is 0 Å². The first-order valence-electron chi connectivity index (χ1n) is 7.78. The maximum atomic E-state index is 12.6. The van der Waals surface area contributed by atoms with Crippen molar-refractivity contribution in [3.63, 3.8) is 0 Å². The second-order valence-corrected chi connectivity index (χ2v) is 5.89. The van der Waals surface area contributed by atoms with Gasteiger partial charge in [-0.25, -0.2) is 4.98 Å². The summed E-state index contributed by atoms with van der Waals surface area (Å²) in [5, 5.41) is 0. The second kappa shape index (κ2) is 6.15. The monoisotopic (exact) mass is 292 g/mol. The fourth-order valence-electron chi connectivity index (χ4n) is 3.33. The van der Waals surface area contributed by atoms with E-state index in [1.54, 1.807) is 0 Å². The lowest BCUT2D eigenvalue weighted by molar-refractivity contribution is -0.138. The van der Waals surface area contributed by atoms with Crippen molar-refractivity contribution in [1.82, 2.24) is 19.4 Å². The Bertz CT molecular complexity index is 496. The fraction of sp³-hybridized carbons (Fsp3) is 0.733. The van der Waals surface area contributed by atoms with Crippen molar-refractivity contribution < 1.29 is 9.53 Å². The van der Waals surface area contributed by atoms with Crippen molar-refractivity contribution in [3.8, 4) is 0 Å². The third-order valence-corrected chi connectivity index (χ3v) is 4.64. The normalized spacial score (nSPS) is 27.2. The number of nitrogens with zero attached hydrogens (tertiary/aromatic N) is 4. The highest BCUT2D eigenvalue weighted by atomic mass is 16.5. The summed E-state index contributed by atoms with van der Waals surface area (Å²) in [4.78, 5) is 21.5. The standard InChI is InChI=1S/C15H24N4O2/c1-3-18-7-8-19(15(20)12-4-9-21-11-12)10-13(18)14-16-5-6-17(14)2/h5-6,12-13H,3-4,7-11H2,1-2H3/t12-,13-/m0/s1. The highest BCUT2D eigenvalue weighted by Crippen LogP contribution is 2.26. The summed E-state index contributed by atoms with van der Waals surface area (Å²) < 4.78 is 7.41. The number of imidazole rings is 1. The fourth-order valence-corrected chi connectivity index (χ4v) is 3.33. The van der Waals surface area contributed by atoms with Gasteiger partial charge in [0.2, 0.25) is 5.91 Å². The van der Waals surface area contributed by atoms with E-state index in [0.717, 1.165) is 38.4 Å². The lowest BCUT2D eigenvalue weighted by Crippen LogP contribution is -2.52. The molecule has 6 heteroatoms. The van der Waals surface area contributed by atoms with E-state index in [1.165, 1.54) is 0 Å². The van der Waals surface area contributed by atoms with Gasteiger partial charge in [-0.2, -0.15) is 0 Å². The Kier molecular flexibility index (Phi) is 4.26. The van der Waals surface area contributed by atoms with Crippen LogP contribution in [-0.4, -0.2) is 64.7 Å². The van der Waals surface area contributed by atoms with Crippen molar-refractivity contribution in [1.29, 1.82) is 0 Å². The van der Waals surface area contributed by atoms with E-state index < -0.39 is 0 Å². The molecule has 1 aromatic rings. The van der Waals surface area contributed by atoms with E-state index in [-0.39, 0.29) is 17.9 Å². The number of rotatable bonds is 3. The van der Waals surface area contributed by atoms with Crippen LogP contribution in [0, 0.1) is 5.92 Å². The zero-order valence-corrected chi connectivity index (χ0v) is 12.9. The van der Waals surface area contributed by atoms with Gasteiger partial charge in [-0.3, -0.25) is 9.69 Å². The topological polar surface area (TPSA) is 50.6 Å². The molecule has 1 amide bonds. The molecule has 2 atom stereocenters. The minimum Gasteiger partial charge on any atom is -0.381 e. The third kappa shape index (κ3) is 2.82. The first kappa shape index (κ1) is 14.5. The summed E-state index contributed by atoms with van der Waals surface area (Å²) in [6, 6.07) is 0.190. The van der Waals surface area contributed by atoms with Crippen LogP contribution in [0.1, 0.15) is 25.2 Å². The van der Waals surface area contributed by atoms with Crippen molar-refractivity contribution in [2.75, 3.05) is 39.4 Å². The van der Waals surface area contributed by atoms with Gasteiger partial charge in [0.15, 0.2) is 0 Å². The molecule has 1 aromatic heterocycles. The van der Waals surface area contributed by atoms with E-state index in [0.29, 0.717) is 13.2 Å². The SMILES string of the molecule is CCN1CCN(C(=O)[C@H]2CCOC2)C[C@H]1c1nccn1C. The Hall–Kier alpha value is -1.40. The van der Waals surface area contributed by atoms with Crippen LogP contribution in [0.5, 0.6) is 0 Å². The number of hydrogen-bond acceptors (Lipinski definition) is 4. The average molecular weight is 292 g/mol. The molecule has 0 saturated carbocycles. The molecule has 0 radical (unpaired) electrons. The average Bonchev–Trinajstić information content (AvgIpc) is 3.17. The molecule has 2 fully saturated rings. The molecule has 21 heavy (non-hydrogen) atoms. The molecule has 0 spiro atoms. The van der Waals surface area contributed by atoms with Gasteiger partial charge in [0.1, 0.15) is 5.82 Å². The van der Waals surface area contributed by atoms with Crippen molar-refractivity contribution >= 4 is 5.91 Å². The molecule has 6 nitrogen and oxygen atoms in total. The Labute approximate surface area is 125 Å².